The summed E-state index contributed by atoms with van der Waals surface area (Å²) in [6, 6.07) is 14.4. The smallest absolute Gasteiger partial charge is 0.221 e. The molecule has 0 bridgehead atoms. The van der Waals surface area contributed by atoms with E-state index in [1.54, 1.807) is 6.33 Å². The van der Waals surface area contributed by atoms with Crippen molar-refractivity contribution in [1.82, 2.24) is 19.5 Å². The maximum Gasteiger partial charge on any atom is 0.221 e. The molecule has 2 aromatic heterocycles. The molecule has 3 heterocycles. The first-order valence-corrected chi connectivity index (χ1v) is 9.78. The molecule has 0 radical (unpaired) electrons. The van der Waals surface area contributed by atoms with E-state index in [9.17, 15) is 4.79 Å². The topological polar surface area (TPSA) is 78.8 Å². The summed E-state index contributed by atoms with van der Waals surface area (Å²) in [6.45, 7) is 4.23. The van der Waals surface area contributed by atoms with E-state index in [-0.39, 0.29) is 5.91 Å². The third-order valence-corrected chi connectivity index (χ3v) is 5.39. The molecule has 0 spiro atoms. The quantitative estimate of drug-likeness (QED) is 0.565. The molecule has 1 amide bonds. The van der Waals surface area contributed by atoms with Gasteiger partial charge in [-0.15, -0.1) is 0 Å². The Labute approximate surface area is 168 Å². The Bertz CT molecular complexity index is 1160. The largest absolute Gasteiger partial charge is 0.355 e. The third-order valence-electron chi connectivity index (χ3n) is 5.39. The van der Waals surface area contributed by atoms with Crippen molar-refractivity contribution in [3.63, 3.8) is 0 Å². The fraction of sp³-hybridized carbons (Fsp3) is 0.227. The highest BCUT2D eigenvalue weighted by atomic mass is 16.1. The number of nitrogens with zero attached hydrogens (tertiary/aromatic N) is 4. The van der Waals surface area contributed by atoms with E-state index in [0.29, 0.717) is 0 Å². The van der Waals surface area contributed by atoms with E-state index in [1.807, 2.05) is 30.5 Å². The highest BCUT2D eigenvalue weighted by Gasteiger charge is 2.19. The van der Waals surface area contributed by atoms with E-state index in [2.05, 4.69) is 43.0 Å². The van der Waals surface area contributed by atoms with Crippen LogP contribution in [0.4, 0.5) is 11.5 Å². The molecule has 2 aromatic carbocycles. The summed E-state index contributed by atoms with van der Waals surface area (Å²) >= 11 is 0. The number of benzene rings is 2. The van der Waals surface area contributed by atoms with Crippen molar-refractivity contribution in [2.75, 3.05) is 23.3 Å². The molecule has 5 rings (SSSR count). The first kappa shape index (κ1) is 17.5. The minimum absolute atomic E-state index is 0.0645. The van der Waals surface area contributed by atoms with Crippen LogP contribution in [0.2, 0.25) is 0 Å². The molecule has 0 atom stereocenters. The molecule has 0 saturated carbocycles. The van der Waals surface area contributed by atoms with E-state index in [0.717, 1.165) is 65.5 Å². The number of carbonyl (C=O) groups is 1. The van der Waals surface area contributed by atoms with Crippen molar-refractivity contribution in [2.45, 2.75) is 19.9 Å². The lowest BCUT2D eigenvalue weighted by Gasteiger charge is -2.19. The zero-order valence-corrected chi connectivity index (χ0v) is 16.2. The van der Waals surface area contributed by atoms with E-state index < -0.39 is 0 Å². The van der Waals surface area contributed by atoms with Gasteiger partial charge in [-0.1, -0.05) is 18.2 Å². The Kier molecular flexibility index (Phi) is 4.27. The Hall–Kier alpha value is -3.61. The van der Waals surface area contributed by atoms with Gasteiger partial charge < -0.3 is 19.8 Å². The lowest BCUT2D eigenvalue weighted by molar-refractivity contribution is -0.114. The van der Waals surface area contributed by atoms with Crippen LogP contribution in [-0.4, -0.2) is 38.5 Å². The number of anilines is 2. The zero-order chi connectivity index (χ0) is 19.8. The number of fused-ring (bicyclic) bond motifs is 3. The fourth-order valence-corrected chi connectivity index (χ4v) is 3.97. The van der Waals surface area contributed by atoms with Crippen molar-refractivity contribution < 1.29 is 4.79 Å². The maximum absolute atomic E-state index is 11.2. The maximum atomic E-state index is 11.2. The molecule has 2 N–H and O–H groups in total. The summed E-state index contributed by atoms with van der Waals surface area (Å²) in [7, 11) is 0. The summed E-state index contributed by atoms with van der Waals surface area (Å²) in [6.07, 6.45) is 4.49. The second-order valence-corrected chi connectivity index (χ2v) is 7.32. The average molecular weight is 386 g/mol. The standard InChI is InChI=1S/C22H22N6O/c1-15(29)25-18-5-2-16(3-6-18)17-4-7-19-20(12-17)28-11-10-27(9-8-21(28)26-19)22-13-23-14-24-22/h2-7,12-14H,8-11H2,1H3,(H,23,24)(H,25,29). The number of amides is 1. The Morgan fingerprint density at radius 1 is 1.07 bits per heavy atom. The second-order valence-electron chi connectivity index (χ2n) is 7.32. The molecule has 146 valence electrons. The molecule has 0 saturated heterocycles. The Morgan fingerprint density at radius 2 is 1.90 bits per heavy atom. The molecule has 29 heavy (non-hydrogen) atoms. The highest BCUT2D eigenvalue weighted by molar-refractivity contribution is 5.89. The summed E-state index contributed by atoms with van der Waals surface area (Å²) < 4.78 is 2.33. The predicted molar refractivity (Wildman–Crippen MR) is 114 cm³/mol. The van der Waals surface area contributed by atoms with E-state index in [1.165, 1.54) is 6.92 Å². The molecular weight excluding hydrogens is 364 g/mol. The molecule has 0 unspecified atom stereocenters. The SMILES string of the molecule is CC(=O)Nc1ccc(-c2ccc3nc4n(c3c2)CCN(c2cnc[nH]2)CC4)cc1. The Morgan fingerprint density at radius 3 is 2.66 bits per heavy atom. The number of aromatic amines is 1. The molecular formula is C22H22N6O. The van der Waals surface area contributed by atoms with Gasteiger partial charge in [-0.25, -0.2) is 9.97 Å². The van der Waals surface area contributed by atoms with Gasteiger partial charge in [0.15, 0.2) is 0 Å². The van der Waals surface area contributed by atoms with Gasteiger partial charge in [0.05, 0.1) is 23.6 Å². The normalized spacial score (nSPS) is 13.9. The summed E-state index contributed by atoms with van der Waals surface area (Å²) in [5, 5.41) is 2.81. The van der Waals surface area contributed by atoms with Crippen LogP contribution in [0, 0.1) is 0 Å². The van der Waals surface area contributed by atoms with Gasteiger partial charge in [0, 0.05) is 38.7 Å². The third kappa shape index (κ3) is 3.35. The van der Waals surface area contributed by atoms with Crippen LogP contribution in [0.5, 0.6) is 0 Å². The summed E-state index contributed by atoms with van der Waals surface area (Å²) in [4.78, 5) is 25.7. The number of hydrogen-bond acceptors (Lipinski definition) is 4. The summed E-state index contributed by atoms with van der Waals surface area (Å²) in [5.74, 6) is 2.12. The lowest BCUT2D eigenvalue weighted by Crippen LogP contribution is -2.26. The van der Waals surface area contributed by atoms with Crippen LogP contribution in [0.1, 0.15) is 12.7 Å². The molecule has 4 aromatic rings. The van der Waals surface area contributed by atoms with Gasteiger partial charge >= 0.3 is 0 Å². The van der Waals surface area contributed by atoms with Crippen molar-refractivity contribution in [2.24, 2.45) is 0 Å². The summed E-state index contributed by atoms with van der Waals surface area (Å²) in [5.41, 5.74) is 5.26. The van der Waals surface area contributed by atoms with Crippen LogP contribution in [0.3, 0.4) is 0 Å². The van der Waals surface area contributed by atoms with Crippen molar-refractivity contribution in [3.8, 4) is 11.1 Å². The first-order valence-electron chi connectivity index (χ1n) is 9.78. The van der Waals surface area contributed by atoms with Gasteiger partial charge in [0.25, 0.3) is 0 Å². The van der Waals surface area contributed by atoms with Gasteiger partial charge in [-0.05, 0) is 35.4 Å². The second kappa shape index (κ2) is 7.09. The molecule has 0 aliphatic carbocycles. The zero-order valence-electron chi connectivity index (χ0n) is 16.2. The molecule has 1 aliphatic rings. The predicted octanol–water partition coefficient (Wildman–Crippen LogP) is 3.45. The highest BCUT2D eigenvalue weighted by Crippen LogP contribution is 2.27. The van der Waals surface area contributed by atoms with Gasteiger partial charge in [0.2, 0.25) is 5.91 Å². The fourth-order valence-electron chi connectivity index (χ4n) is 3.97. The van der Waals surface area contributed by atoms with Crippen LogP contribution >= 0.6 is 0 Å². The molecule has 1 aliphatic heterocycles. The lowest BCUT2D eigenvalue weighted by atomic mass is 10.0. The van der Waals surface area contributed by atoms with Crippen LogP contribution in [-0.2, 0) is 17.8 Å². The minimum atomic E-state index is -0.0645. The van der Waals surface area contributed by atoms with Crippen LogP contribution in [0.15, 0.2) is 55.0 Å². The number of aromatic nitrogens is 4. The number of rotatable bonds is 3. The first-order chi connectivity index (χ1) is 14.2. The molecule has 7 nitrogen and oxygen atoms in total. The average Bonchev–Trinajstić information content (AvgIpc) is 3.32. The van der Waals surface area contributed by atoms with Gasteiger partial charge in [0.1, 0.15) is 11.6 Å². The number of imidazole rings is 2. The molecule has 7 heteroatoms. The van der Waals surface area contributed by atoms with Crippen molar-refractivity contribution in [1.29, 1.82) is 0 Å². The Balaban J connectivity index is 1.45. The van der Waals surface area contributed by atoms with E-state index in [4.69, 9.17) is 4.98 Å². The minimum Gasteiger partial charge on any atom is -0.355 e. The van der Waals surface area contributed by atoms with Crippen molar-refractivity contribution >= 4 is 28.4 Å². The number of H-pyrrole nitrogens is 1. The van der Waals surface area contributed by atoms with Crippen molar-refractivity contribution in [3.05, 3.63) is 60.8 Å². The van der Waals surface area contributed by atoms with Crippen LogP contribution < -0.4 is 10.2 Å². The monoisotopic (exact) mass is 386 g/mol. The number of carbonyl (C=O) groups excluding carboxylic acids is 1. The number of hydrogen-bond donors (Lipinski definition) is 2. The van der Waals surface area contributed by atoms with Gasteiger partial charge in [-0.3, -0.25) is 4.79 Å². The number of nitrogens with one attached hydrogen (secondary N) is 2. The van der Waals surface area contributed by atoms with Gasteiger partial charge in [-0.2, -0.15) is 0 Å². The van der Waals surface area contributed by atoms with Crippen LogP contribution in [0.25, 0.3) is 22.2 Å². The van der Waals surface area contributed by atoms with E-state index >= 15 is 0 Å². The molecule has 0 fully saturated rings.